The number of aryl methyl sites for hydroxylation is 1. The molecular formula is C11H9F3N2S. The van der Waals surface area contributed by atoms with Crippen molar-refractivity contribution in [3.63, 3.8) is 0 Å². The monoisotopic (exact) mass is 258 g/mol. The van der Waals surface area contributed by atoms with Gasteiger partial charge < -0.3 is 5.73 Å². The van der Waals surface area contributed by atoms with Gasteiger partial charge in [0.25, 0.3) is 0 Å². The van der Waals surface area contributed by atoms with Crippen molar-refractivity contribution < 1.29 is 13.2 Å². The quantitative estimate of drug-likeness (QED) is 0.792. The fourth-order valence-electron chi connectivity index (χ4n) is 1.41. The predicted molar refractivity (Wildman–Crippen MR) is 61.7 cm³/mol. The zero-order valence-electron chi connectivity index (χ0n) is 8.88. The highest BCUT2D eigenvalue weighted by molar-refractivity contribution is 7.15. The summed E-state index contributed by atoms with van der Waals surface area (Å²) in [5.74, 6) is 0. The van der Waals surface area contributed by atoms with Crippen molar-refractivity contribution in [3.8, 4) is 10.4 Å². The van der Waals surface area contributed by atoms with Crippen LogP contribution in [0.5, 0.6) is 0 Å². The second-order valence-electron chi connectivity index (χ2n) is 3.62. The molecule has 17 heavy (non-hydrogen) atoms. The standard InChI is InChI=1S/C11H9F3N2S/c1-6-2-3-8(15)7(4-6)9-5-16-10(17-9)11(12,13)14/h2-5H,15H2,1H3. The zero-order chi connectivity index (χ0) is 12.6. The van der Waals surface area contributed by atoms with Crippen LogP contribution in [0.25, 0.3) is 10.4 Å². The first kappa shape index (κ1) is 11.9. The predicted octanol–water partition coefficient (Wildman–Crippen LogP) is 3.72. The first-order valence-electron chi connectivity index (χ1n) is 4.77. The highest BCUT2D eigenvalue weighted by Gasteiger charge is 2.34. The Hall–Kier alpha value is -1.56. The molecular weight excluding hydrogens is 249 g/mol. The lowest BCUT2D eigenvalue weighted by Gasteiger charge is -2.03. The molecule has 2 rings (SSSR count). The van der Waals surface area contributed by atoms with Gasteiger partial charge in [-0.3, -0.25) is 0 Å². The molecule has 0 aliphatic rings. The molecule has 0 aliphatic carbocycles. The van der Waals surface area contributed by atoms with Crippen LogP contribution in [0.3, 0.4) is 0 Å². The molecule has 0 bridgehead atoms. The van der Waals surface area contributed by atoms with Gasteiger partial charge in [-0.15, -0.1) is 11.3 Å². The van der Waals surface area contributed by atoms with Crippen molar-refractivity contribution in [1.29, 1.82) is 0 Å². The van der Waals surface area contributed by atoms with E-state index in [-0.39, 0.29) is 0 Å². The molecule has 2 aromatic rings. The normalized spacial score (nSPS) is 11.8. The van der Waals surface area contributed by atoms with Crippen molar-refractivity contribution in [1.82, 2.24) is 4.98 Å². The Kier molecular flexibility index (Phi) is 2.82. The van der Waals surface area contributed by atoms with Gasteiger partial charge in [0, 0.05) is 17.4 Å². The molecule has 0 saturated heterocycles. The van der Waals surface area contributed by atoms with Crippen LogP contribution in [0.4, 0.5) is 18.9 Å². The molecule has 1 heterocycles. The van der Waals surface area contributed by atoms with E-state index >= 15 is 0 Å². The lowest BCUT2D eigenvalue weighted by Crippen LogP contribution is -2.02. The summed E-state index contributed by atoms with van der Waals surface area (Å²) in [5.41, 5.74) is 7.73. The van der Waals surface area contributed by atoms with Gasteiger partial charge in [-0.2, -0.15) is 13.2 Å². The molecule has 2 N–H and O–H groups in total. The number of hydrogen-bond donors (Lipinski definition) is 1. The lowest BCUT2D eigenvalue weighted by molar-refractivity contribution is -0.137. The Morgan fingerprint density at radius 3 is 2.59 bits per heavy atom. The van der Waals surface area contributed by atoms with E-state index in [1.54, 1.807) is 12.1 Å². The first-order chi connectivity index (χ1) is 7.88. The smallest absolute Gasteiger partial charge is 0.398 e. The minimum atomic E-state index is -4.40. The summed E-state index contributed by atoms with van der Waals surface area (Å²) in [5, 5.41) is -0.853. The highest BCUT2D eigenvalue weighted by atomic mass is 32.1. The number of nitrogens with zero attached hydrogens (tertiary/aromatic N) is 1. The molecule has 2 nitrogen and oxygen atoms in total. The number of nitrogen functional groups attached to an aromatic ring is 1. The van der Waals surface area contributed by atoms with Crippen LogP contribution in [0.15, 0.2) is 24.4 Å². The Balaban J connectivity index is 2.47. The second kappa shape index (κ2) is 4.03. The summed E-state index contributed by atoms with van der Waals surface area (Å²) in [4.78, 5) is 3.80. The van der Waals surface area contributed by atoms with Gasteiger partial charge >= 0.3 is 6.18 Å². The van der Waals surface area contributed by atoms with Gasteiger partial charge in [-0.1, -0.05) is 11.6 Å². The molecule has 6 heteroatoms. The van der Waals surface area contributed by atoms with E-state index in [9.17, 15) is 13.2 Å². The van der Waals surface area contributed by atoms with Gasteiger partial charge in [0.1, 0.15) is 0 Å². The zero-order valence-corrected chi connectivity index (χ0v) is 9.69. The van der Waals surface area contributed by atoms with Gasteiger partial charge in [0.05, 0.1) is 4.88 Å². The van der Waals surface area contributed by atoms with Crippen LogP contribution in [0.1, 0.15) is 10.6 Å². The topological polar surface area (TPSA) is 38.9 Å². The van der Waals surface area contributed by atoms with E-state index in [0.717, 1.165) is 5.56 Å². The van der Waals surface area contributed by atoms with Crippen molar-refractivity contribution >= 4 is 17.0 Å². The SMILES string of the molecule is Cc1ccc(N)c(-c2cnc(C(F)(F)F)s2)c1. The number of halogens is 3. The van der Waals surface area contributed by atoms with E-state index in [1.807, 2.05) is 13.0 Å². The summed E-state index contributed by atoms with van der Waals surface area (Å²) in [6.45, 7) is 1.86. The summed E-state index contributed by atoms with van der Waals surface area (Å²) in [7, 11) is 0. The molecule has 0 saturated carbocycles. The average Bonchev–Trinajstić information content (AvgIpc) is 2.70. The number of nitrogens with two attached hydrogens (primary N) is 1. The second-order valence-corrected chi connectivity index (χ2v) is 4.65. The van der Waals surface area contributed by atoms with Gasteiger partial charge in [0.2, 0.25) is 0 Å². The van der Waals surface area contributed by atoms with Gasteiger partial charge in [-0.05, 0) is 19.1 Å². The van der Waals surface area contributed by atoms with E-state index in [0.29, 0.717) is 27.5 Å². The summed E-state index contributed by atoms with van der Waals surface area (Å²) in [6.07, 6.45) is -3.19. The van der Waals surface area contributed by atoms with Crippen LogP contribution in [0.2, 0.25) is 0 Å². The summed E-state index contributed by atoms with van der Waals surface area (Å²) < 4.78 is 37.2. The Labute approximate surface area is 99.9 Å². The van der Waals surface area contributed by atoms with E-state index in [2.05, 4.69) is 4.98 Å². The maximum absolute atomic E-state index is 12.4. The Morgan fingerprint density at radius 1 is 1.29 bits per heavy atom. The number of anilines is 1. The molecule has 0 fully saturated rings. The number of aromatic nitrogens is 1. The van der Waals surface area contributed by atoms with E-state index in [1.165, 1.54) is 6.20 Å². The van der Waals surface area contributed by atoms with Crippen LogP contribution in [0, 0.1) is 6.92 Å². The molecule has 1 aromatic heterocycles. The molecule has 0 atom stereocenters. The molecule has 90 valence electrons. The van der Waals surface area contributed by atoms with Crippen molar-refractivity contribution in [2.24, 2.45) is 0 Å². The first-order valence-corrected chi connectivity index (χ1v) is 5.59. The van der Waals surface area contributed by atoms with E-state index < -0.39 is 11.2 Å². The fraction of sp³-hybridized carbons (Fsp3) is 0.182. The third kappa shape index (κ3) is 2.41. The Morgan fingerprint density at radius 2 is 2.00 bits per heavy atom. The minimum Gasteiger partial charge on any atom is -0.398 e. The van der Waals surface area contributed by atoms with Gasteiger partial charge in [0.15, 0.2) is 5.01 Å². The molecule has 0 spiro atoms. The summed E-state index contributed by atoms with van der Waals surface area (Å²) >= 11 is 0.600. The Bertz CT molecular complexity index is 546. The fourth-order valence-corrected chi connectivity index (χ4v) is 2.23. The number of thiazole rings is 1. The van der Waals surface area contributed by atoms with Crippen molar-refractivity contribution in [2.45, 2.75) is 13.1 Å². The lowest BCUT2D eigenvalue weighted by atomic mass is 10.1. The summed E-state index contributed by atoms with van der Waals surface area (Å²) in [6, 6.07) is 5.24. The van der Waals surface area contributed by atoms with Gasteiger partial charge in [-0.25, -0.2) is 4.98 Å². The number of benzene rings is 1. The average molecular weight is 258 g/mol. The van der Waals surface area contributed by atoms with Crippen molar-refractivity contribution in [2.75, 3.05) is 5.73 Å². The molecule has 0 aliphatic heterocycles. The van der Waals surface area contributed by atoms with Crippen LogP contribution in [-0.2, 0) is 6.18 Å². The molecule has 1 aromatic carbocycles. The molecule has 0 radical (unpaired) electrons. The van der Waals surface area contributed by atoms with E-state index in [4.69, 9.17) is 5.73 Å². The largest absolute Gasteiger partial charge is 0.443 e. The van der Waals surface area contributed by atoms with Crippen LogP contribution >= 0.6 is 11.3 Å². The number of alkyl halides is 3. The van der Waals surface area contributed by atoms with Crippen LogP contribution in [-0.4, -0.2) is 4.98 Å². The number of hydrogen-bond acceptors (Lipinski definition) is 3. The number of rotatable bonds is 1. The third-order valence-electron chi connectivity index (χ3n) is 2.22. The minimum absolute atomic E-state index is 0.429. The highest BCUT2D eigenvalue weighted by Crippen LogP contribution is 2.38. The maximum Gasteiger partial charge on any atom is 0.443 e. The third-order valence-corrected chi connectivity index (χ3v) is 3.30. The van der Waals surface area contributed by atoms with Crippen molar-refractivity contribution in [3.05, 3.63) is 35.0 Å². The van der Waals surface area contributed by atoms with Crippen LogP contribution < -0.4 is 5.73 Å². The molecule has 0 amide bonds. The molecule has 0 unspecified atom stereocenters. The maximum atomic E-state index is 12.4.